The first-order chi connectivity index (χ1) is 21.6. The van der Waals surface area contributed by atoms with E-state index in [9.17, 15) is 39.2 Å². The first-order valence-electron chi connectivity index (χ1n) is 13.9. The van der Waals surface area contributed by atoms with Crippen LogP contribution in [0.3, 0.4) is 0 Å². The zero-order chi connectivity index (χ0) is 33.7. The van der Waals surface area contributed by atoms with E-state index in [1.807, 2.05) is 0 Å². The first-order valence-corrected chi connectivity index (χ1v) is 18.0. The van der Waals surface area contributed by atoms with E-state index in [1.165, 1.54) is 7.11 Å². The number of carbonyl (C=O) groups excluding carboxylic acids is 1. The highest BCUT2D eigenvalue weighted by Gasteiger charge is 2.32. The summed E-state index contributed by atoms with van der Waals surface area (Å²) in [6, 6.07) is 6.53. The number of thiophene rings is 1. The lowest BCUT2D eigenvalue weighted by molar-refractivity contribution is -0.127. The van der Waals surface area contributed by atoms with Crippen molar-refractivity contribution in [1.82, 2.24) is 4.72 Å². The van der Waals surface area contributed by atoms with Gasteiger partial charge in [0.1, 0.15) is 32.9 Å². The van der Waals surface area contributed by atoms with Crippen molar-refractivity contribution in [1.29, 1.82) is 0 Å². The second-order valence-corrected chi connectivity index (χ2v) is 15.4. The predicted octanol–water partition coefficient (Wildman–Crippen LogP) is 4.45. The van der Waals surface area contributed by atoms with Gasteiger partial charge in [0.15, 0.2) is 0 Å². The van der Waals surface area contributed by atoms with Gasteiger partial charge in [-0.05, 0) is 29.9 Å². The van der Waals surface area contributed by atoms with E-state index in [1.54, 1.807) is 22.9 Å². The first kappa shape index (κ1) is 35.3. The van der Waals surface area contributed by atoms with Crippen molar-refractivity contribution in [3.8, 4) is 17.6 Å². The number of fused-ring (bicyclic) bond motifs is 1. The second kappa shape index (κ2) is 14.4. The molecule has 0 radical (unpaired) electrons. The summed E-state index contributed by atoms with van der Waals surface area (Å²) in [6.07, 6.45) is -4.97. The van der Waals surface area contributed by atoms with Crippen LogP contribution in [-0.2, 0) is 35.8 Å². The molecule has 1 aliphatic heterocycles. The molecule has 1 fully saturated rings. The number of sulfone groups is 1. The number of rotatable bonds is 11. The lowest BCUT2D eigenvalue weighted by Crippen LogP contribution is -2.32. The van der Waals surface area contributed by atoms with E-state index in [0.29, 0.717) is 28.6 Å². The molecule has 1 saturated heterocycles. The number of amides is 1. The fraction of sp³-hybridized carbons (Fsp3) is 0.414. The van der Waals surface area contributed by atoms with Crippen LogP contribution in [0.2, 0.25) is 0 Å². The molecule has 3 N–H and O–H groups in total. The summed E-state index contributed by atoms with van der Waals surface area (Å²) in [4.78, 5) is 10.7. The summed E-state index contributed by atoms with van der Waals surface area (Å²) >= 11 is 1.07. The molecule has 0 bridgehead atoms. The number of hydrogen-bond donors (Lipinski definition) is 3. The third-order valence-electron chi connectivity index (χ3n) is 6.83. The Hall–Kier alpha value is -3.59. The second-order valence-electron chi connectivity index (χ2n) is 10.4. The Morgan fingerprint density at radius 3 is 2.50 bits per heavy atom. The minimum Gasteiger partial charge on any atom is -0.489 e. The standard InChI is InChI=1S/C29H31F4N3O7S3/c1-18(37)36-46(40,41)27-16-25(43-12-11-42-2)24(15-22(27)30)34-10-4-7-26-21(17-29(31,32)33)20-5-3-6-23(28(20)44-26)35-19-8-13-45(38,39)14-9-19/h3,5-6,15-16,19,34-35H,8-14,17H2,1-2H3,(H,36,37). The van der Waals surface area contributed by atoms with Crippen molar-refractivity contribution < 1.29 is 48.7 Å². The summed E-state index contributed by atoms with van der Waals surface area (Å²) in [5.41, 5.74) is 0.596. The maximum atomic E-state index is 14.9. The van der Waals surface area contributed by atoms with Crippen LogP contribution in [0.25, 0.3) is 10.1 Å². The highest BCUT2D eigenvalue weighted by Crippen LogP contribution is 2.39. The van der Waals surface area contributed by atoms with E-state index in [4.69, 9.17) is 9.47 Å². The molecule has 3 aromatic rings. The van der Waals surface area contributed by atoms with Crippen LogP contribution in [0.15, 0.2) is 35.2 Å². The van der Waals surface area contributed by atoms with Crippen LogP contribution in [-0.4, -0.2) is 73.3 Å². The fourth-order valence-corrected chi connectivity index (χ4v) is 8.49. The predicted molar refractivity (Wildman–Crippen MR) is 167 cm³/mol. The minimum absolute atomic E-state index is 0.00275. The smallest absolute Gasteiger partial charge is 0.393 e. The van der Waals surface area contributed by atoms with E-state index in [0.717, 1.165) is 30.4 Å². The molecule has 2 aromatic carbocycles. The molecule has 250 valence electrons. The molecule has 1 amide bonds. The van der Waals surface area contributed by atoms with Gasteiger partial charge in [0, 0.05) is 32.2 Å². The number of methoxy groups -OCH3 is 1. The van der Waals surface area contributed by atoms with Gasteiger partial charge < -0.3 is 20.1 Å². The lowest BCUT2D eigenvalue weighted by atomic mass is 10.1. The molecule has 0 saturated carbocycles. The van der Waals surface area contributed by atoms with E-state index >= 15 is 0 Å². The molecule has 10 nitrogen and oxygen atoms in total. The van der Waals surface area contributed by atoms with Crippen LogP contribution in [0.4, 0.5) is 28.9 Å². The number of benzene rings is 2. The van der Waals surface area contributed by atoms with Crippen LogP contribution >= 0.6 is 11.3 Å². The van der Waals surface area contributed by atoms with Gasteiger partial charge in [0.05, 0.1) is 52.0 Å². The maximum absolute atomic E-state index is 14.9. The van der Waals surface area contributed by atoms with E-state index in [-0.39, 0.29) is 59.2 Å². The van der Waals surface area contributed by atoms with Gasteiger partial charge in [-0.25, -0.2) is 25.9 Å². The Balaban J connectivity index is 1.62. The number of alkyl halides is 3. The molecule has 0 unspecified atom stereocenters. The molecule has 1 aromatic heterocycles. The Kier molecular flexibility index (Phi) is 11.1. The number of hydrogen-bond acceptors (Lipinski definition) is 10. The number of sulfonamides is 1. The normalized spacial score (nSPS) is 15.2. The van der Waals surface area contributed by atoms with Crippen LogP contribution in [0.5, 0.6) is 5.75 Å². The molecule has 46 heavy (non-hydrogen) atoms. The minimum atomic E-state index is -4.54. The topological polar surface area (TPSA) is 140 Å². The Bertz CT molecular complexity index is 1870. The van der Waals surface area contributed by atoms with Crippen molar-refractivity contribution >= 4 is 58.6 Å². The van der Waals surface area contributed by atoms with Gasteiger partial charge in [-0.2, -0.15) is 13.2 Å². The zero-order valence-electron chi connectivity index (χ0n) is 24.7. The average molecular weight is 706 g/mol. The van der Waals surface area contributed by atoms with Crippen molar-refractivity contribution in [3.63, 3.8) is 0 Å². The summed E-state index contributed by atoms with van der Waals surface area (Å²) in [6.45, 7) is 0.866. The fourth-order valence-electron chi connectivity index (χ4n) is 4.76. The number of carbonyl (C=O) groups is 1. The summed E-state index contributed by atoms with van der Waals surface area (Å²) in [5, 5.41) is 6.47. The van der Waals surface area contributed by atoms with Crippen LogP contribution < -0.4 is 20.1 Å². The monoisotopic (exact) mass is 705 g/mol. The highest BCUT2D eigenvalue weighted by molar-refractivity contribution is 7.91. The summed E-state index contributed by atoms with van der Waals surface area (Å²) < 4.78 is 117. The molecular weight excluding hydrogens is 675 g/mol. The average Bonchev–Trinajstić information content (AvgIpc) is 3.29. The molecule has 17 heteroatoms. The number of halogens is 4. The third kappa shape index (κ3) is 9.24. The van der Waals surface area contributed by atoms with Crippen LogP contribution in [0, 0.1) is 17.7 Å². The van der Waals surface area contributed by atoms with Gasteiger partial charge in [-0.1, -0.05) is 24.0 Å². The summed E-state index contributed by atoms with van der Waals surface area (Å²) in [7, 11) is -6.21. The zero-order valence-corrected chi connectivity index (χ0v) is 27.2. The Morgan fingerprint density at radius 1 is 1.13 bits per heavy atom. The molecular formula is C29H31F4N3O7S3. The van der Waals surface area contributed by atoms with Crippen molar-refractivity contribution in [3.05, 3.63) is 46.6 Å². The summed E-state index contributed by atoms with van der Waals surface area (Å²) in [5.74, 6) is 3.40. The van der Waals surface area contributed by atoms with E-state index in [2.05, 4.69) is 22.5 Å². The number of ether oxygens (including phenoxy) is 2. The van der Waals surface area contributed by atoms with Crippen LogP contribution in [0.1, 0.15) is 30.2 Å². The molecule has 4 rings (SSSR count). The van der Waals surface area contributed by atoms with Gasteiger partial charge in [0.25, 0.3) is 10.0 Å². The molecule has 0 aliphatic carbocycles. The largest absolute Gasteiger partial charge is 0.489 e. The lowest BCUT2D eigenvalue weighted by Gasteiger charge is -2.24. The maximum Gasteiger partial charge on any atom is 0.393 e. The number of nitrogens with one attached hydrogen (secondary N) is 3. The molecule has 1 aliphatic rings. The highest BCUT2D eigenvalue weighted by atomic mass is 32.2. The molecule has 2 heterocycles. The SMILES string of the molecule is COCCOc1cc(S(=O)(=O)NC(C)=O)c(F)cc1NCC#Cc1sc2c(NC3CCS(=O)(=O)CC3)cccc2c1CC(F)(F)F. The van der Waals surface area contributed by atoms with Gasteiger partial charge >= 0.3 is 6.18 Å². The van der Waals surface area contributed by atoms with Gasteiger partial charge in [-0.15, -0.1) is 11.3 Å². The Labute approximate surface area is 267 Å². The van der Waals surface area contributed by atoms with Crippen molar-refractivity contribution in [2.75, 3.05) is 49.0 Å². The van der Waals surface area contributed by atoms with E-state index < -0.39 is 49.1 Å². The van der Waals surface area contributed by atoms with Crippen molar-refractivity contribution in [2.24, 2.45) is 0 Å². The van der Waals surface area contributed by atoms with Crippen molar-refractivity contribution in [2.45, 2.75) is 43.3 Å². The quantitative estimate of drug-likeness (QED) is 0.150. The van der Waals surface area contributed by atoms with Gasteiger partial charge in [0.2, 0.25) is 5.91 Å². The Morgan fingerprint density at radius 2 is 1.85 bits per heavy atom. The molecule has 0 spiro atoms. The number of anilines is 2. The molecule has 0 atom stereocenters. The van der Waals surface area contributed by atoms with Gasteiger partial charge in [-0.3, -0.25) is 4.79 Å². The third-order valence-corrected chi connectivity index (χ3v) is 11.2.